The topological polar surface area (TPSA) is 32.3 Å². The summed E-state index contributed by atoms with van der Waals surface area (Å²) in [5, 5.41) is 14.4. The van der Waals surface area contributed by atoms with Crippen molar-refractivity contribution >= 4 is 0 Å². The van der Waals surface area contributed by atoms with Gasteiger partial charge in [0.2, 0.25) is 0 Å². The van der Waals surface area contributed by atoms with E-state index in [0.29, 0.717) is 6.04 Å². The molecule has 2 unspecified atom stereocenters. The van der Waals surface area contributed by atoms with E-state index in [-0.39, 0.29) is 0 Å². The number of hydrogen-bond donors (Lipinski definition) is 2. The van der Waals surface area contributed by atoms with Crippen molar-refractivity contribution in [2.75, 3.05) is 6.54 Å². The molecule has 2 nitrogen and oxygen atoms in total. The average molecular weight is 281 g/mol. The average Bonchev–Trinajstić information content (AvgIpc) is 2.71. The molecule has 0 bridgehead atoms. The highest BCUT2D eigenvalue weighted by atomic mass is 16.3. The first-order valence-electron chi connectivity index (χ1n) is 9.11. The summed E-state index contributed by atoms with van der Waals surface area (Å²) >= 11 is 0. The molecule has 0 aromatic heterocycles. The van der Waals surface area contributed by atoms with Crippen LogP contribution < -0.4 is 5.32 Å². The van der Waals surface area contributed by atoms with Gasteiger partial charge in [-0.05, 0) is 56.8 Å². The van der Waals surface area contributed by atoms with Crippen LogP contribution in [-0.2, 0) is 0 Å². The molecular formula is C18H35NO. The molecule has 0 heterocycles. The van der Waals surface area contributed by atoms with Gasteiger partial charge in [-0.2, -0.15) is 0 Å². The molecule has 2 rings (SSSR count). The monoisotopic (exact) mass is 281 g/mol. The zero-order valence-electron chi connectivity index (χ0n) is 13.7. The molecule has 2 atom stereocenters. The van der Waals surface area contributed by atoms with Gasteiger partial charge in [-0.3, -0.25) is 0 Å². The van der Waals surface area contributed by atoms with E-state index < -0.39 is 5.60 Å². The third-order valence-electron chi connectivity index (χ3n) is 6.00. The van der Waals surface area contributed by atoms with Gasteiger partial charge in [0, 0.05) is 12.6 Å². The SMILES string of the molecule is CCC1CCCC(NCC2(O)CCC(CC)CC2)CC1. The molecule has 20 heavy (non-hydrogen) atoms. The number of rotatable bonds is 5. The summed E-state index contributed by atoms with van der Waals surface area (Å²) in [7, 11) is 0. The van der Waals surface area contributed by atoms with Gasteiger partial charge in [0.1, 0.15) is 0 Å². The van der Waals surface area contributed by atoms with E-state index >= 15 is 0 Å². The van der Waals surface area contributed by atoms with Crippen LogP contribution in [0.5, 0.6) is 0 Å². The van der Waals surface area contributed by atoms with Crippen molar-refractivity contribution in [1.82, 2.24) is 5.32 Å². The van der Waals surface area contributed by atoms with E-state index in [1.54, 1.807) is 0 Å². The Morgan fingerprint density at radius 1 is 0.900 bits per heavy atom. The van der Waals surface area contributed by atoms with Crippen molar-refractivity contribution in [1.29, 1.82) is 0 Å². The van der Waals surface area contributed by atoms with Gasteiger partial charge in [0.25, 0.3) is 0 Å². The van der Waals surface area contributed by atoms with Crippen molar-refractivity contribution in [3.63, 3.8) is 0 Å². The van der Waals surface area contributed by atoms with Gasteiger partial charge in [-0.1, -0.05) is 39.5 Å². The summed E-state index contributed by atoms with van der Waals surface area (Å²) in [6.07, 6.45) is 13.9. The Morgan fingerprint density at radius 3 is 2.20 bits per heavy atom. The Bertz CT molecular complexity index is 271. The van der Waals surface area contributed by atoms with E-state index in [0.717, 1.165) is 31.2 Å². The summed E-state index contributed by atoms with van der Waals surface area (Å²) < 4.78 is 0. The van der Waals surface area contributed by atoms with E-state index in [2.05, 4.69) is 19.2 Å². The molecule has 2 aliphatic rings. The minimum absolute atomic E-state index is 0.415. The van der Waals surface area contributed by atoms with Crippen LogP contribution in [-0.4, -0.2) is 23.3 Å². The quantitative estimate of drug-likeness (QED) is 0.738. The molecule has 0 aliphatic heterocycles. The summed E-state index contributed by atoms with van der Waals surface area (Å²) in [5.74, 6) is 1.81. The first-order chi connectivity index (χ1) is 9.65. The van der Waals surface area contributed by atoms with Crippen LogP contribution in [0.15, 0.2) is 0 Å². The van der Waals surface area contributed by atoms with E-state index in [1.165, 1.54) is 57.8 Å². The van der Waals surface area contributed by atoms with Gasteiger partial charge in [-0.25, -0.2) is 0 Å². The summed E-state index contributed by atoms with van der Waals surface area (Å²) in [5.41, 5.74) is -0.415. The van der Waals surface area contributed by atoms with E-state index in [4.69, 9.17) is 0 Å². The maximum Gasteiger partial charge on any atom is 0.0771 e. The van der Waals surface area contributed by atoms with Crippen LogP contribution in [0.2, 0.25) is 0 Å². The molecule has 2 aliphatic carbocycles. The molecule has 0 aromatic carbocycles. The third kappa shape index (κ3) is 4.73. The zero-order valence-corrected chi connectivity index (χ0v) is 13.7. The molecule has 0 spiro atoms. The first-order valence-corrected chi connectivity index (χ1v) is 9.11. The van der Waals surface area contributed by atoms with Crippen LogP contribution in [0.25, 0.3) is 0 Å². The van der Waals surface area contributed by atoms with Gasteiger partial charge in [-0.15, -0.1) is 0 Å². The van der Waals surface area contributed by atoms with Gasteiger partial charge < -0.3 is 10.4 Å². The minimum Gasteiger partial charge on any atom is -0.389 e. The van der Waals surface area contributed by atoms with E-state index in [1.807, 2.05) is 0 Å². The number of nitrogens with one attached hydrogen (secondary N) is 1. The summed E-state index contributed by atoms with van der Waals surface area (Å²) in [6, 6.07) is 0.652. The van der Waals surface area contributed by atoms with Crippen molar-refractivity contribution in [3.8, 4) is 0 Å². The van der Waals surface area contributed by atoms with E-state index in [9.17, 15) is 5.11 Å². The van der Waals surface area contributed by atoms with Gasteiger partial charge >= 0.3 is 0 Å². The molecule has 2 heteroatoms. The summed E-state index contributed by atoms with van der Waals surface area (Å²) in [4.78, 5) is 0. The first kappa shape index (κ1) is 16.3. The molecule has 2 fully saturated rings. The second-order valence-electron chi connectivity index (χ2n) is 7.44. The lowest BCUT2D eigenvalue weighted by molar-refractivity contribution is -0.0110. The fraction of sp³-hybridized carbons (Fsp3) is 1.00. The zero-order chi connectivity index (χ0) is 14.4. The second-order valence-corrected chi connectivity index (χ2v) is 7.44. The minimum atomic E-state index is -0.415. The lowest BCUT2D eigenvalue weighted by Crippen LogP contribution is -2.46. The second kappa shape index (κ2) is 7.79. The molecule has 118 valence electrons. The fourth-order valence-electron chi connectivity index (χ4n) is 4.13. The lowest BCUT2D eigenvalue weighted by Gasteiger charge is -2.37. The molecule has 0 aromatic rings. The predicted molar refractivity (Wildman–Crippen MR) is 85.9 cm³/mol. The molecular weight excluding hydrogens is 246 g/mol. The highest BCUT2D eigenvalue weighted by Gasteiger charge is 2.33. The van der Waals surface area contributed by atoms with Crippen molar-refractivity contribution in [2.24, 2.45) is 11.8 Å². The highest BCUT2D eigenvalue weighted by Crippen LogP contribution is 2.33. The lowest BCUT2D eigenvalue weighted by atomic mass is 9.77. The van der Waals surface area contributed by atoms with Crippen molar-refractivity contribution in [3.05, 3.63) is 0 Å². The normalized spacial score (nSPS) is 39.5. The Labute approximate surface area is 125 Å². The number of aliphatic hydroxyl groups is 1. The van der Waals surface area contributed by atoms with Crippen molar-refractivity contribution < 1.29 is 5.11 Å². The fourth-order valence-corrected chi connectivity index (χ4v) is 4.13. The summed E-state index contributed by atoms with van der Waals surface area (Å²) in [6.45, 7) is 5.43. The molecule has 0 amide bonds. The molecule has 0 saturated heterocycles. The van der Waals surface area contributed by atoms with Gasteiger partial charge in [0.05, 0.1) is 5.60 Å². The van der Waals surface area contributed by atoms with Gasteiger partial charge in [0.15, 0.2) is 0 Å². The Morgan fingerprint density at radius 2 is 1.55 bits per heavy atom. The van der Waals surface area contributed by atoms with Crippen LogP contribution in [0.3, 0.4) is 0 Å². The largest absolute Gasteiger partial charge is 0.389 e. The number of hydrogen-bond acceptors (Lipinski definition) is 2. The standard InChI is InChI=1S/C18H35NO/c1-3-15-6-5-7-17(9-8-15)19-14-18(20)12-10-16(4-2)11-13-18/h15-17,19-20H,3-14H2,1-2H3. The Balaban J connectivity index is 1.71. The molecule has 2 saturated carbocycles. The Hall–Kier alpha value is -0.0800. The predicted octanol–water partition coefficient (Wildman–Crippen LogP) is 4.27. The highest BCUT2D eigenvalue weighted by molar-refractivity contribution is 4.88. The maximum atomic E-state index is 10.7. The van der Waals surface area contributed by atoms with Crippen LogP contribution in [0.4, 0.5) is 0 Å². The molecule has 0 radical (unpaired) electrons. The van der Waals surface area contributed by atoms with Crippen LogP contribution in [0.1, 0.15) is 84.5 Å². The van der Waals surface area contributed by atoms with Crippen LogP contribution >= 0.6 is 0 Å². The third-order valence-corrected chi connectivity index (χ3v) is 6.00. The van der Waals surface area contributed by atoms with Crippen molar-refractivity contribution in [2.45, 2.75) is 96.1 Å². The molecule has 2 N–H and O–H groups in total. The Kier molecular flexibility index (Phi) is 6.35. The maximum absolute atomic E-state index is 10.7. The van der Waals surface area contributed by atoms with Crippen LogP contribution in [0, 0.1) is 11.8 Å². The smallest absolute Gasteiger partial charge is 0.0771 e.